The van der Waals surface area contributed by atoms with Gasteiger partial charge in [-0.3, -0.25) is 14.4 Å². The molecule has 1 aromatic heterocycles. The molecule has 1 atom stereocenters. The molecule has 24 heavy (non-hydrogen) atoms. The molecule has 1 spiro atoms. The summed E-state index contributed by atoms with van der Waals surface area (Å²) in [5.74, 6) is 0.0813. The van der Waals surface area contributed by atoms with E-state index in [1.165, 1.54) is 5.56 Å². The molecule has 0 saturated carbocycles. The summed E-state index contributed by atoms with van der Waals surface area (Å²) in [5.41, 5.74) is 1.05. The molecule has 0 aromatic carbocycles. The maximum Gasteiger partial charge on any atom is 0.219 e. The number of aliphatic hydroxyl groups is 1. The molecule has 2 aliphatic rings. The maximum absolute atomic E-state index is 12.0. The molecule has 1 N–H and O–H groups in total. The number of carbonyl (C=O) groups is 1. The number of amides is 1. The summed E-state index contributed by atoms with van der Waals surface area (Å²) < 4.78 is 1.97. The smallest absolute Gasteiger partial charge is 0.219 e. The van der Waals surface area contributed by atoms with Crippen LogP contribution in [-0.4, -0.2) is 62.4 Å². The molecule has 0 radical (unpaired) electrons. The third-order valence-corrected chi connectivity index (χ3v) is 5.96. The van der Waals surface area contributed by atoms with Crippen molar-refractivity contribution in [3.8, 4) is 0 Å². The van der Waals surface area contributed by atoms with Gasteiger partial charge < -0.3 is 10.0 Å². The van der Waals surface area contributed by atoms with Crippen molar-refractivity contribution in [2.75, 3.05) is 26.2 Å². The van der Waals surface area contributed by atoms with Crippen molar-refractivity contribution in [1.82, 2.24) is 19.6 Å². The number of rotatable bonds is 4. The predicted molar refractivity (Wildman–Crippen MR) is 92.3 cm³/mol. The molecule has 2 aliphatic heterocycles. The SMILES string of the molecule is CCn1cc(CN2CCC3(CC2)CN(C(C)=O)C(C)(CO)C3)cn1. The fourth-order valence-electron chi connectivity index (χ4n) is 4.56. The second kappa shape index (κ2) is 6.48. The van der Waals surface area contributed by atoms with E-state index in [1.54, 1.807) is 6.92 Å². The van der Waals surface area contributed by atoms with Crippen LogP contribution in [-0.2, 0) is 17.9 Å². The molecule has 134 valence electrons. The lowest BCUT2D eigenvalue weighted by molar-refractivity contribution is -0.134. The topological polar surface area (TPSA) is 61.6 Å². The third-order valence-electron chi connectivity index (χ3n) is 5.96. The first-order valence-electron chi connectivity index (χ1n) is 9.02. The lowest BCUT2D eigenvalue weighted by Gasteiger charge is -2.39. The molecular weight excluding hydrogens is 304 g/mol. The minimum Gasteiger partial charge on any atom is -0.394 e. The highest BCUT2D eigenvalue weighted by atomic mass is 16.3. The van der Waals surface area contributed by atoms with Crippen molar-refractivity contribution in [1.29, 1.82) is 0 Å². The zero-order chi connectivity index (χ0) is 17.4. The quantitative estimate of drug-likeness (QED) is 0.906. The standard InChI is InChI=1S/C18H30N4O2/c1-4-21-11-16(9-19-21)10-20-7-5-18(6-8-20)12-17(3,14-23)22(13-18)15(2)24/h9,11,23H,4-8,10,12-14H2,1-3H3. The number of hydrogen-bond acceptors (Lipinski definition) is 4. The van der Waals surface area contributed by atoms with Crippen molar-refractivity contribution in [3.05, 3.63) is 18.0 Å². The number of likely N-dealkylation sites (tertiary alicyclic amines) is 2. The average molecular weight is 334 g/mol. The minimum atomic E-state index is -0.393. The van der Waals surface area contributed by atoms with Crippen LogP contribution in [0.3, 0.4) is 0 Å². The first-order valence-corrected chi connectivity index (χ1v) is 9.02. The summed E-state index contributed by atoms with van der Waals surface area (Å²) in [6.07, 6.45) is 7.18. The van der Waals surface area contributed by atoms with Gasteiger partial charge in [0, 0.05) is 38.3 Å². The Kier molecular flexibility index (Phi) is 4.71. The Morgan fingerprint density at radius 3 is 2.58 bits per heavy atom. The van der Waals surface area contributed by atoms with Gasteiger partial charge in [0.15, 0.2) is 0 Å². The zero-order valence-corrected chi connectivity index (χ0v) is 15.2. The molecule has 0 aliphatic carbocycles. The number of aliphatic hydroxyl groups excluding tert-OH is 1. The fourth-order valence-corrected chi connectivity index (χ4v) is 4.56. The third kappa shape index (κ3) is 3.22. The van der Waals surface area contributed by atoms with E-state index < -0.39 is 5.54 Å². The van der Waals surface area contributed by atoms with E-state index in [4.69, 9.17) is 0 Å². The molecule has 3 heterocycles. The van der Waals surface area contributed by atoms with Crippen LogP contribution in [0.1, 0.15) is 45.6 Å². The lowest BCUT2D eigenvalue weighted by Crippen LogP contribution is -2.46. The van der Waals surface area contributed by atoms with Crippen molar-refractivity contribution >= 4 is 5.91 Å². The molecule has 6 heteroatoms. The fraction of sp³-hybridized carbons (Fsp3) is 0.778. The molecule has 2 fully saturated rings. The minimum absolute atomic E-state index is 0.0498. The summed E-state index contributed by atoms with van der Waals surface area (Å²) in [7, 11) is 0. The highest BCUT2D eigenvalue weighted by Crippen LogP contribution is 2.48. The molecule has 1 amide bonds. The molecule has 2 saturated heterocycles. The second-order valence-electron chi connectivity index (χ2n) is 7.92. The Morgan fingerprint density at radius 1 is 1.38 bits per heavy atom. The Labute approximate surface area is 144 Å². The van der Waals surface area contributed by atoms with Crippen LogP contribution in [0.15, 0.2) is 12.4 Å². The van der Waals surface area contributed by atoms with Crippen LogP contribution in [0.4, 0.5) is 0 Å². The molecular formula is C18H30N4O2. The molecule has 6 nitrogen and oxygen atoms in total. The number of hydrogen-bond donors (Lipinski definition) is 1. The van der Waals surface area contributed by atoms with Gasteiger partial charge in [-0.05, 0) is 51.6 Å². The van der Waals surface area contributed by atoms with Gasteiger partial charge in [-0.15, -0.1) is 0 Å². The lowest BCUT2D eigenvalue weighted by atomic mass is 9.74. The Bertz CT molecular complexity index is 592. The monoisotopic (exact) mass is 334 g/mol. The zero-order valence-electron chi connectivity index (χ0n) is 15.2. The van der Waals surface area contributed by atoms with Gasteiger partial charge in [0.25, 0.3) is 0 Å². The van der Waals surface area contributed by atoms with E-state index in [9.17, 15) is 9.90 Å². The highest BCUT2D eigenvalue weighted by Gasteiger charge is 2.52. The van der Waals surface area contributed by atoms with Gasteiger partial charge in [-0.1, -0.05) is 0 Å². The van der Waals surface area contributed by atoms with Crippen LogP contribution in [0.2, 0.25) is 0 Å². The van der Waals surface area contributed by atoms with Crippen LogP contribution in [0.5, 0.6) is 0 Å². The van der Waals surface area contributed by atoms with Gasteiger partial charge in [0.1, 0.15) is 0 Å². The number of aromatic nitrogens is 2. The maximum atomic E-state index is 12.0. The Morgan fingerprint density at radius 2 is 2.08 bits per heavy atom. The van der Waals surface area contributed by atoms with E-state index >= 15 is 0 Å². The summed E-state index contributed by atoms with van der Waals surface area (Å²) in [6, 6.07) is 0. The highest BCUT2D eigenvalue weighted by molar-refractivity contribution is 5.74. The van der Waals surface area contributed by atoms with Crippen molar-refractivity contribution in [3.63, 3.8) is 0 Å². The van der Waals surface area contributed by atoms with Crippen LogP contribution in [0.25, 0.3) is 0 Å². The van der Waals surface area contributed by atoms with Crippen molar-refractivity contribution in [2.45, 2.75) is 58.7 Å². The number of carbonyl (C=O) groups excluding carboxylic acids is 1. The number of aryl methyl sites for hydroxylation is 1. The van der Waals surface area contributed by atoms with E-state index in [-0.39, 0.29) is 17.9 Å². The first-order chi connectivity index (χ1) is 11.4. The Balaban J connectivity index is 1.61. The number of piperidine rings is 1. The van der Waals surface area contributed by atoms with Crippen molar-refractivity contribution in [2.24, 2.45) is 5.41 Å². The first kappa shape index (κ1) is 17.4. The molecule has 1 aromatic rings. The normalized spacial score (nSPS) is 27.1. The summed E-state index contributed by atoms with van der Waals surface area (Å²) in [5, 5.41) is 14.2. The average Bonchev–Trinajstić information content (AvgIpc) is 3.13. The van der Waals surface area contributed by atoms with Gasteiger partial charge in [0.05, 0.1) is 18.3 Å². The summed E-state index contributed by atoms with van der Waals surface area (Å²) >= 11 is 0. The van der Waals surface area contributed by atoms with E-state index in [2.05, 4.69) is 23.1 Å². The van der Waals surface area contributed by atoms with Crippen LogP contribution >= 0.6 is 0 Å². The molecule has 0 bridgehead atoms. The molecule has 3 rings (SSSR count). The second-order valence-corrected chi connectivity index (χ2v) is 7.92. The molecule has 1 unspecified atom stereocenters. The number of nitrogens with zero attached hydrogens (tertiary/aromatic N) is 4. The van der Waals surface area contributed by atoms with Crippen molar-refractivity contribution < 1.29 is 9.90 Å². The summed E-state index contributed by atoms with van der Waals surface area (Å²) in [4.78, 5) is 16.4. The largest absolute Gasteiger partial charge is 0.394 e. The van der Waals surface area contributed by atoms with E-state index in [1.807, 2.05) is 22.7 Å². The van der Waals surface area contributed by atoms with Crippen LogP contribution < -0.4 is 0 Å². The van der Waals surface area contributed by atoms with Gasteiger partial charge in [-0.25, -0.2) is 0 Å². The summed E-state index contributed by atoms with van der Waals surface area (Å²) in [6.45, 7) is 10.5. The van der Waals surface area contributed by atoms with E-state index in [0.717, 1.165) is 52.0 Å². The van der Waals surface area contributed by atoms with Gasteiger partial charge in [-0.2, -0.15) is 5.10 Å². The van der Waals surface area contributed by atoms with E-state index in [0.29, 0.717) is 0 Å². The Hall–Kier alpha value is -1.40. The van der Waals surface area contributed by atoms with Crippen LogP contribution in [0, 0.1) is 5.41 Å². The predicted octanol–water partition coefficient (Wildman–Crippen LogP) is 1.49. The van der Waals surface area contributed by atoms with Gasteiger partial charge in [0.2, 0.25) is 5.91 Å². The van der Waals surface area contributed by atoms with Gasteiger partial charge >= 0.3 is 0 Å².